The molecular formula is C14H25N3O2. The van der Waals surface area contributed by atoms with Crippen LogP contribution in [0.2, 0.25) is 0 Å². The van der Waals surface area contributed by atoms with Crippen LogP contribution in [0.3, 0.4) is 0 Å². The Balaban J connectivity index is 2.51. The smallest absolute Gasteiger partial charge is 0.144 e. The van der Waals surface area contributed by atoms with Crippen molar-refractivity contribution in [2.24, 2.45) is 0 Å². The van der Waals surface area contributed by atoms with Crippen LogP contribution >= 0.6 is 0 Å². The first-order valence-electron chi connectivity index (χ1n) is 6.41. The predicted molar refractivity (Wildman–Crippen MR) is 79.3 cm³/mol. The number of benzene rings is 1. The lowest BCUT2D eigenvalue weighted by molar-refractivity contribution is 0.100. The Morgan fingerprint density at radius 1 is 1.26 bits per heavy atom. The molecule has 0 saturated carbocycles. The molecule has 1 aromatic carbocycles. The first-order chi connectivity index (χ1) is 8.70. The van der Waals surface area contributed by atoms with E-state index in [9.17, 15) is 5.11 Å². The molecule has 0 fully saturated rings. The van der Waals surface area contributed by atoms with Gasteiger partial charge in [-0.2, -0.15) is 0 Å². The Morgan fingerprint density at radius 2 is 1.89 bits per heavy atom. The number of aryl methyl sites for hydroxylation is 1. The second kappa shape index (κ2) is 6.12. The number of nitrogens with one attached hydrogen (secondary N) is 1. The zero-order valence-electron chi connectivity index (χ0n) is 12.2. The van der Waals surface area contributed by atoms with Gasteiger partial charge in [0.15, 0.2) is 0 Å². The van der Waals surface area contributed by atoms with E-state index in [4.69, 9.17) is 16.2 Å². The fraction of sp³-hybridized carbons (Fsp3) is 0.571. The van der Waals surface area contributed by atoms with Crippen LogP contribution in [0.1, 0.15) is 26.3 Å². The molecule has 1 aromatic rings. The zero-order chi connectivity index (χ0) is 14.6. The summed E-state index contributed by atoms with van der Waals surface area (Å²) in [6.45, 7) is 8.65. The molecule has 6 N–H and O–H groups in total. The van der Waals surface area contributed by atoms with Crippen LogP contribution in [0.15, 0.2) is 12.1 Å². The minimum atomic E-state index is -0.596. The lowest BCUT2D eigenvalue weighted by atomic mass is 10.1. The highest BCUT2D eigenvalue weighted by Crippen LogP contribution is 2.30. The second-order valence-corrected chi connectivity index (χ2v) is 5.80. The molecule has 0 aromatic heterocycles. The lowest BCUT2D eigenvalue weighted by Gasteiger charge is -2.23. The van der Waals surface area contributed by atoms with Crippen molar-refractivity contribution in [2.75, 3.05) is 24.6 Å². The molecule has 0 spiro atoms. The monoisotopic (exact) mass is 267 g/mol. The molecule has 0 amide bonds. The average Bonchev–Trinajstić information content (AvgIpc) is 2.32. The third-order valence-electron chi connectivity index (χ3n) is 2.76. The summed E-state index contributed by atoms with van der Waals surface area (Å²) in [5.74, 6) is 0.512. The summed E-state index contributed by atoms with van der Waals surface area (Å²) in [6.07, 6.45) is -0.596. The van der Waals surface area contributed by atoms with Gasteiger partial charge in [-0.15, -0.1) is 0 Å². The van der Waals surface area contributed by atoms with Crippen LogP contribution in [0.4, 0.5) is 11.4 Å². The summed E-state index contributed by atoms with van der Waals surface area (Å²) in [5.41, 5.74) is 13.5. The van der Waals surface area contributed by atoms with Crippen LogP contribution < -0.4 is 21.5 Å². The lowest BCUT2D eigenvalue weighted by Crippen LogP contribution is -2.42. The van der Waals surface area contributed by atoms with E-state index in [-0.39, 0.29) is 12.1 Å². The maximum absolute atomic E-state index is 9.83. The normalized spacial score (nSPS) is 13.3. The Morgan fingerprint density at radius 3 is 2.47 bits per heavy atom. The summed E-state index contributed by atoms with van der Waals surface area (Å²) in [5, 5.41) is 13.0. The number of hydrogen-bond acceptors (Lipinski definition) is 5. The van der Waals surface area contributed by atoms with Crippen molar-refractivity contribution >= 4 is 11.4 Å². The van der Waals surface area contributed by atoms with Gasteiger partial charge in [0, 0.05) is 12.1 Å². The third kappa shape index (κ3) is 4.96. The predicted octanol–water partition coefficient (Wildman–Crippen LogP) is 1.29. The molecule has 5 heteroatoms. The molecule has 5 nitrogen and oxygen atoms in total. The highest BCUT2D eigenvalue weighted by molar-refractivity contribution is 5.73. The van der Waals surface area contributed by atoms with Crippen LogP contribution in [0.5, 0.6) is 5.75 Å². The van der Waals surface area contributed by atoms with Gasteiger partial charge < -0.3 is 26.6 Å². The van der Waals surface area contributed by atoms with E-state index in [1.54, 1.807) is 6.07 Å². The third-order valence-corrected chi connectivity index (χ3v) is 2.76. The molecule has 1 unspecified atom stereocenters. The number of ether oxygens (including phenoxy) is 1. The van der Waals surface area contributed by atoms with Crippen molar-refractivity contribution in [1.82, 2.24) is 5.32 Å². The first-order valence-corrected chi connectivity index (χ1v) is 6.41. The SMILES string of the molecule is Cc1ccc(OCC(O)CNC(C)(C)C)c(N)c1N. The molecule has 0 saturated heterocycles. The van der Waals surface area contributed by atoms with Crippen molar-refractivity contribution in [2.45, 2.75) is 39.3 Å². The van der Waals surface area contributed by atoms with Gasteiger partial charge in [-0.1, -0.05) is 6.07 Å². The number of nitrogen functional groups attached to an aromatic ring is 2. The number of anilines is 2. The van der Waals surface area contributed by atoms with Crippen LogP contribution in [-0.4, -0.2) is 29.9 Å². The van der Waals surface area contributed by atoms with Crippen molar-refractivity contribution < 1.29 is 9.84 Å². The van der Waals surface area contributed by atoms with Crippen molar-refractivity contribution in [3.05, 3.63) is 17.7 Å². The molecule has 1 rings (SSSR count). The summed E-state index contributed by atoms with van der Waals surface area (Å²) in [7, 11) is 0. The van der Waals surface area contributed by atoms with E-state index in [1.807, 2.05) is 33.8 Å². The van der Waals surface area contributed by atoms with Crippen LogP contribution in [-0.2, 0) is 0 Å². The van der Waals surface area contributed by atoms with E-state index in [2.05, 4.69) is 5.32 Å². The van der Waals surface area contributed by atoms with Crippen molar-refractivity contribution in [3.8, 4) is 5.75 Å². The number of β-amino-alcohol motifs (C(OH)–C–C–N with tert-alkyl or cyclic N) is 1. The van der Waals surface area contributed by atoms with Gasteiger partial charge in [-0.25, -0.2) is 0 Å². The van der Waals surface area contributed by atoms with Gasteiger partial charge in [-0.3, -0.25) is 0 Å². The Bertz CT molecular complexity index is 427. The number of aliphatic hydroxyl groups is 1. The van der Waals surface area contributed by atoms with Crippen molar-refractivity contribution in [3.63, 3.8) is 0 Å². The maximum atomic E-state index is 9.83. The summed E-state index contributed by atoms with van der Waals surface area (Å²) in [4.78, 5) is 0. The quantitative estimate of drug-likeness (QED) is 0.603. The molecule has 0 radical (unpaired) electrons. The fourth-order valence-electron chi connectivity index (χ4n) is 1.52. The van der Waals surface area contributed by atoms with Gasteiger partial charge in [0.05, 0.1) is 11.4 Å². The minimum absolute atomic E-state index is 0.0334. The fourth-order valence-corrected chi connectivity index (χ4v) is 1.52. The Hall–Kier alpha value is -1.46. The zero-order valence-corrected chi connectivity index (χ0v) is 12.2. The number of hydrogen-bond donors (Lipinski definition) is 4. The van der Waals surface area contributed by atoms with E-state index in [1.165, 1.54) is 0 Å². The largest absolute Gasteiger partial charge is 0.489 e. The van der Waals surface area contributed by atoms with Gasteiger partial charge >= 0.3 is 0 Å². The van der Waals surface area contributed by atoms with E-state index >= 15 is 0 Å². The average molecular weight is 267 g/mol. The molecular weight excluding hydrogens is 242 g/mol. The molecule has 0 heterocycles. The molecule has 0 aliphatic rings. The Labute approximate surface area is 114 Å². The molecule has 0 aliphatic carbocycles. The summed E-state index contributed by atoms with van der Waals surface area (Å²) < 4.78 is 5.50. The standard InChI is InChI=1S/C14H25N3O2/c1-9-5-6-11(13(16)12(9)15)19-8-10(18)7-17-14(2,3)4/h5-6,10,17-18H,7-8,15-16H2,1-4H3. The van der Waals surface area contributed by atoms with Crippen LogP contribution in [0.25, 0.3) is 0 Å². The van der Waals surface area contributed by atoms with Crippen molar-refractivity contribution in [1.29, 1.82) is 0 Å². The van der Waals surface area contributed by atoms with Gasteiger partial charge in [-0.05, 0) is 39.3 Å². The first kappa shape index (κ1) is 15.6. The van der Waals surface area contributed by atoms with E-state index in [0.29, 0.717) is 23.7 Å². The second-order valence-electron chi connectivity index (χ2n) is 5.80. The Kier molecular flexibility index (Phi) is 5.03. The van der Waals surface area contributed by atoms with E-state index in [0.717, 1.165) is 5.56 Å². The van der Waals surface area contributed by atoms with Gasteiger partial charge in [0.1, 0.15) is 18.5 Å². The molecule has 1 atom stereocenters. The molecule has 108 valence electrons. The van der Waals surface area contributed by atoms with Gasteiger partial charge in [0.25, 0.3) is 0 Å². The minimum Gasteiger partial charge on any atom is -0.489 e. The summed E-state index contributed by atoms with van der Waals surface area (Å²) >= 11 is 0. The number of nitrogens with two attached hydrogens (primary N) is 2. The molecule has 0 bridgehead atoms. The van der Waals surface area contributed by atoms with E-state index < -0.39 is 6.10 Å². The topological polar surface area (TPSA) is 93.5 Å². The highest BCUT2D eigenvalue weighted by Gasteiger charge is 2.13. The number of aliphatic hydroxyl groups excluding tert-OH is 1. The molecule has 19 heavy (non-hydrogen) atoms. The molecule has 0 aliphatic heterocycles. The number of rotatable bonds is 5. The maximum Gasteiger partial charge on any atom is 0.144 e. The van der Waals surface area contributed by atoms with Crippen LogP contribution in [0, 0.1) is 6.92 Å². The van der Waals surface area contributed by atoms with Gasteiger partial charge in [0.2, 0.25) is 0 Å². The summed E-state index contributed by atoms with van der Waals surface area (Å²) in [6, 6.07) is 3.62. The highest BCUT2D eigenvalue weighted by atomic mass is 16.5.